The molecule has 12 N–H and O–H groups in total. The zero-order chi connectivity index (χ0) is 73.0. The molecule has 1 aromatic heterocycles. The lowest BCUT2D eigenvalue weighted by Gasteiger charge is -2.33. The molecule has 10 amide bonds. The molecule has 2 heterocycles. The summed E-state index contributed by atoms with van der Waals surface area (Å²) in [4.78, 5) is 150. The van der Waals surface area contributed by atoms with Crippen LogP contribution in [0.1, 0.15) is 54.5 Å². The molecule has 1 aliphatic heterocycles. The lowest BCUT2D eigenvalue weighted by Crippen LogP contribution is -2.61. The second-order valence-electron chi connectivity index (χ2n) is 24.1. The van der Waals surface area contributed by atoms with Crippen LogP contribution in [0.3, 0.4) is 0 Å². The summed E-state index contributed by atoms with van der Waals surface area (Å²) in [5, 5.41) is 54.4. The summed E-state index contributed by atoms with van der Waals surface area (Å²) < 4.78 is 40.1. The number of H-pyrrole nitrogens is 1. The van der Waals surface area contributed by atoms with Crippen molar-refractivity contribution in [3.8, 4) is 5.75 Å². The average Bonchev–Trinajstić information content (AvgIpc) is 1.56. The van der Waals surface area contributed by atoms with Crippen molar-refractivity contribution in [2.75, 3.05) is 33.5 Å². The summed E-state index contributed by atoms with van der Waals surface area (Å²) in [6.07, 6.45) is 0.259. The molecule has 0 saturated carbocycles. The van der Waals surface area contributed by atoms with Crippen molar-refractivity contribution < 1.29 is 76.1 Å². The number of imide groups is 1. The van der Waals surface area contributed by atoms with Gasteiger partial charge in [-0.3, -0.25) is 53.4 Å². The van der Waals surface area contributed by atoms with Crippen LogP contribution in [0.25, 0.3) is 10.9 Å². The van der Waals surface area contributed by atoms with Crippen LogP contribution in [-0.2, 0) is 85.1 Å². The molecule has 0 bridgehead atoms. The number of nitrogens with zero attached hydrogens (tertiary/aromatic N) is 2. The van der Waals surface area contributed by atoms with Gasteiger partial charge in [-0.15, -0.1) is 0 Å². The second-order valence-corrected chi connectivity index (χ2v) is 26.9. The number of urea groups is 1. The molecular weight excluding hydrogens is 1360 g/mol. The molecule has 7 rings (SSSR count). The van der Waals surface area contributed by atoms with E-state index < -0.39 is 167 Å². The van der Waals surface area contributed by atoms with Gasteiger partial charge < -0.3 is 62.4 Å². The zero-order valence-corrected chi connectivity index (χ0v) is 57.6. The van der Waals surface area contributed by atoms with Crippen molar-refractivity contribution in [3.63, 3.8) is 0 Å². The number of aliphatic hydroxyl groups excluding tert-OH is 2. The molecule has 0 radical (unpaired) electrons. The largest absolute Gasteiger partial charge is 0.505 e. The normalized spacial score (nSPS) is 22.7. The minimum atomic E-state index is -4.01. The summed E-state index contributed by atoms with van der Waals surface area (Å²) >= 11 is 12.9. The summed E-state index contributed by atoms with van der Waals surface area (Å²) in [5.74, 6) is -12.4. The van der Waals surface area contributed by atoms with Crippen LogP contribution < -0.4 is 42.5 Å². The number of ketones is 1. The third kappa shape index (κ3) is 22.6. The van der Waals surface area contributed by atoms with E-state index in [9.17, 15) is 52.5 Å². The highest BCUT2D eigenvalue weighted by Crippen LogP contribution is 2.24. The maximum Gasteiger partial charge on any atom is 0.325 e. The van der Waals surface area contributed by atoms with Crippen molar-refractivity contribution in [1.29, 1.82) is 0 Å². The lowest BCUT2D eigenvalue weighted by atomic mass is 9.95. The minimum absolute atomic E-state index is 0.0169. The van der Waals surface area contributed by atoms with E-state index in [2.05, 4.69) is 47.5 Å². The number of amides is 10. The van der Waals surface area contributed by atoms with Crippen molar-refractivity contribution in [1.82, 2.24) is 57.3 Å². The number of hydrogen-bond donors (Lipinski definition) is 12. The highest BCUT2D eigenvalue weighted by atomic mass is 35.5. The number of carbonyl (C=O) groups excluding carboxylic acids is 10. The number of sulfone groups is 1. The third-order valence-electron chi connectivity index (χ3n) is 16.4. The number of nitrogens with one attached hydrogen (secondary N) is 9. The Morgan fingerprint density at radius 1 is 0.640 bits per heavy atom. The van der Waals surface area contributed by atoms with Crippen LogP contribution in [0.2, 0.25) is 10.0 Å². The number of phenolic OH excluding ortho intramolecular Hbond substituents is 1. The number of benzene rings is 5. The molecule has 0 saturated heterocycles. The van der Waals surface area contributed by atoms with Gasteiger partial charge >= 0.3 is 6.03 Å². The molecule has 0 aliphatic carbocycles. The first kappa shape index (κ1) is 77.5. The van der Waals surface area contributed by atoms with E-state index in [1.54, 1.807) is 104 Å². The van der Waals surface area contributed by atoms with Crippen LogP contribution >= 0.6 is 23.2 Å². The quantitative estimate of drug-likeness (QED) is 0.0703. The number of Topliss-reactive ketones (excluding diaryl/α,β-unsaturated/α-hetero) is 1. The molecule has 10 atom stereocenters. The van der Waals surface area contributed by atoms with Gasteiger partial charge in [-0.05, 0) is 90.0 Å². The summed E-state index contributed by atoms with van der Waals surface area (Å²) in [5.41, 5.74) is 2.82. The number of carbonyl (C=O) groups is 10. The minimum Gasteiger partial charge on any atom is -0.505 e. The van der Waals surface area contributed by atoms with Crippen LogP contribution in [0.15, 0.2) is 151 Å². The fraction of sp³-hybridized carbons (Fsp3) is 0.343. The van der Waals surface area contributed by atoms with Gasteiger partial charge in [0.25, 0.3) is 0 Å². The number of phenols is 1. The van der Waals surface area contributed by atoms with Gasteiger partial charge in [0.05, 0.1) is 30.8 Å². The van der Waals surface area contributed by atoms with Crippen molar-refractivity contribution in [2.24, 2.45) is 5.92 Å². The fourth-order valence-corrected chi connectivity index (χ4v) is 11.9. The van der Waals surface area contributed by atoms with E-state index in [0.29, 0.717) is 43.5 Å². The number of aromatic nitrogens is 1. The Labute approximate surface area is 586 Å². The SMILES string of the molecule is CC[C@@H]1NC(=O)N(C)C(=O)[C@H](/C=C/S(C)(=O)=O)CC(=O)[C@H]([C@@H](C)O)NC(=O)[C@H](CO)NC(=O)C=CCNC(=O)[C@H](Cc2cccc(Cl)c2)NC(=O)[C@H](Cc2ccc(O)c(F)c2)NC(=O)[C@H](Cc2ccccc2)N(C)C(=O)[C@H](Cc2cccc(Cl)c2)NC(=O)[C@H](Cc2c[nH]c3ccccc23)N1. The van der Waals surface area contributed by atoms with Gasteiger partial charge in [0, 0.05) is 97.6 Å². The predicted octanol–water partition coefficient (Wildman–Crippen LogP) is 3.14. The topological polar surface area (TPSA) is 384 Å². The first-order chi connectivity index (χ1) is 47.5. The number of rotatable bonds is 15. The number of aromatic amines is 1. The first-order valence-corrected chi connectivity index (χ1v) is 34.5. The second kappa shape index (κ2) is 36.3. The standard InChI is InChI=1S/C70H80Cl2FN11O15S/c1-6-60-76-54(36-46-38-75-51-22-11-10-21-49(46)51)65(92)80-55(34-43-18-13-20-48(72)30-43)69(96)83(3)57(35-41-15-8-7-9-16-41)67(94)79-53(33-44-24-25-58(87)50(73)31-44)64(91)78-52(32-42-17-12-19-47(71)29-42)63(90)74-27-14-23-61(89)77-56(39-85)66(93)82-62(40(2)86)59(88)37-45(26-28-100(5,98)99)68(95)84(4)70(97)81-60/h7-26,28-31,38,40,45,52-57,60,62,75-76,85-87H,6,27,32-37,39H2,1-5H3,(H,74,90)(H,77,89)(H,78,91)(H,79,94)(H,80,92)(H,81,97)(H,82,93)/b23-14?,28-26+/t40-,45-,52+,53+,54+,55+,56+,57+,60+,62+/m1/s1. The van der Waals surface area contributed by atoms with E-state index >= 15 is 23.6 Å². The zero-order valence-electron chi connectivity index (χ0n) is 55.2. The molecule has 5 aromatic carbocycles. The Balaban J connectivity index is 1.34. The predicted molar refractivity (Wildman–Crippen MR) is 371 cm³/mol. The number of aliphatic hydroxyl groups is 2. The molecule has 532 valence electrons. The Morgan fingerprint density at radius 2 is 1.22 bits per heavy atom. The number of aromatic hydroxyl groups is 1. The number of fused-ring (bicyclic) bond motifs is 1. The molecule has 0 spiro atoms. The Bertz CT molecular complexity index is 4140. The fourth-order valence-electron chi connectivity index (χ4n) is 11.0. The van der Waals surface area contributed by atoms with Gasteiger partial charge in [-0.25, -0.2) is 17.6 Å². The summed E-state index contributed by atoms with van der Waals surface area (Å²) in [6, 6.07) is 19.4. The van der Waals surface area contributed by atoms with Gasteiger partial charge in [0.1, 0.15) is 36.3 Å². The smallest absolute Gasteiger partial charge is 0.325 e. The third-order valence-corrected chi connectivity index (χ3v) is 17.6. The van der Waals surface area contributed by atoms with Gasteiger partial charge in [0.2, 0.25) is 47.3 Å². The molecular formula is C70H80Cl2FN11O15S. The Kier molecular flexibility index (Phi) is 28.1. The molecule has 6 aromatic rings. The van der Waals surface area contributed by atoms with Gasteiger partial charge in [-0.1, -0.05) is 121 Å². The van der Waals surface area contributed by atoms with Crippen LogP contribution in [0, 0.1) is 11.7 Å². The van der Waals surface area contributed by atoms with E-state index in [0.717, 1.165) is 55.5 Å². The van der Waals surface area contributed by atoms with E-state index in [1.807, 2.05) is 6.07 Å². The maximum atomic E-state index is 15.7. The number of hydrogen-bond acceptors (Lipinski definition) is 16. The molecule has 30 heteroatoms. The summed E-state index contributed by atoms with van der Waals surface area (Å²) in [6.45, 7) is 1.26. The van der Waals surface area contributed by atoms with Crippen LogP contribution in [-0.4, -0.2) is 186 Å². The van der Waals surface area contributed by atoms with Crippen molar-refractivity contribution in [2.45, 2.75) is 113 Å². The van der Waals surface area contributed by atoms with Gasteiger partial charge in [0.15, 0.2) is 27.2 Å². The average molecular weight is 1440 g/mol. The Morgan fingerprint density at radius 3 is 1.84 bits per heavy atom. The van der Waals surface area contributed by atoms with Crippen molar-refractivity contribution in [3.05, 3.63) is 195 Å². The van der Waals surface area contributed by atoms with Crippen molar-refractivity contribution >= 4 is 103 Å². The number of likely N-dealkylation sites (N-methyl/N-ethyl adjacent to an activating group) is 1. The van der Waals surface area contributed by atoms with E-state index in [-0.39, 0.29) is 47.7 Å². The summed E-state index contributed by atoms with van der Waals surface area (Å²) in [7, 11) is -1.66. The Hall–Kier alpha value is -9.84. The van der Waals surface area contributed by atoms with E-state index in [1.165, 1.54) is 19.2 Å². The van der Waals surface area contributed by atoms with Crippen LogP contribution in [0.5, 0.6) is 5.75 Å². The van der Waals surface area contributed by atoms with Crippen LogP contribution in [0.4, 0.5) is 9.18 Å². The molecule has 0 unspecified atom stereocenters. The monoisotopic (exact) mass is 1440 g/mol. The maximum absolute atomic E-state index is 15.7. The molecule has 100 heavy (non-hydrogen) atoms. The number of halogens is 3. The highest BCUT2D eigenvalue weighted by Gasteiger charge is 2.39. The lowest BCUT2D eigenvalue weighted by molar-refractivity contribution is -0.142. The first-order valence-electron chi connectivity index (χ1n) is 31.8. The molecule has 0 fully saturated rings. The van der Waals surface area contributed by atoms with E-state index in [4.69, 9.17) is 23.2 Å². The molecule has 26 nitrogen and oxygen atoms in total. The molecule has 1 aliphatic rings. The highest BCUT2D eigenvalue weighted by molar-refractivity contribution is 7.93. The number of para-hydroxylation sites is 1. The van der Waals surface area contributed by atoms with Gasteiger partial charge in [-0.2, -0.15) is 0 Å².